The number of carbonyl (C=O) groups excluding carboxylic acids is 1. The van der Waals surface area contributed by atoms with E-state index in [1.165, 1.54) is 4.68 Å². The third kappa shape index (κ3) is 5.59. The quantitative estimate of drug-likeness (QED) is 0.475. The summed E-state index contributed by atoms with van der Waals surface area (Å²) in [6.07, 6.45) is 3.30. The smallest absolute Gasteiger partial charge is 0.249 e. The van der Waals surface area contributed by atoms with Gasteiger partial charge in [-0.3, -0.25) is 9.48 Å². The van der Waals surface area contributed by atoms with E-state index >= 15 is 0 Å². The predicted molar refractivity (Wildman–Crippen MR) is 128 cm³/mol. The van der Waals surface area contributed by atoms with E-state index in [9.17, 15) is 18.0 Å². The number of nitrogens with zero attached hydrogens (tertiary/aromatic N) is 5. The van der Waals surface area contributed by atoms with Crippen molar-refractivity contribution >= 4 is 23.4 Å². The molecule has 3 aromatic rings. The average Bonchev–Trinajstić information content (AvgIpc) is 3.23. The summed E-state index contributed by atoms with van der Waals surface area (Å²) in [4.78, 5) is 23.5. The van der Waals surface area contributed by atoms with Crippen LogP contribution in [-0.2, 0) is 22.6 Å². The number of hydrogen-bond donors (Lipinski definition) is 2. The molecule has 3 heterocycles. The molecule has 0 saturated carbocycles. The molecule has 0 radical (unpaired) electrons. The van der Waals surface area contributed by atoms with Gasteiger partial charge in [0.1, 0.15) is 11.7 Å². The molecular formula is C24H28F3N7O2. The molecule has 1 aromatic carbocycles. The zero-order chi connectivity index (χ0) is 26.2. The van der Waals surface area contributed by atoms with Crippen LogP contribution in [0.15, 0.2) is 24.5 Å². The van der Waals surface area contributed by atoms with Crippen molar-refractivity contribution < 1.29 is 22.7 Å². The number of rotatable bonds is 7. The maximum atomic E-state index is 13.5. The van der Waals surface area contributed by atoms with Crippen LogP contribution in [0.1, 0.15) is 37.6 Å². The SMILES string of the molecule is Cc1nc(NCc2cnn(Cc3cc(F)c(F)c(F)c3)c2)nc2c1NC(=O)C(COC(C)(C)C)N2C. The van der Waals surface area contributed by atoms with E-state index in [0.29, 0.717) is 29.7 Å². The fraction of sp³-hybridized carbons (Fsp3) is 0.417. The second kappa shape index (κ2) is 9.76. The Hall–Kier alpha value is -3.67. The first kappa shape index (κ1) is 25.4. The standard InChI is InChI=1S/C24H28F3N7O2/c1-13-20-21(33(5)18(22(35)31-20)12-36-24(2,3)4)32-23(30-13)28-8-15-9-29-34(11-15)10-14-6-16(25)19(27)17(26)7-14/h6-7,9,11,18H,8,10,12H2,1-5H3,(H,31,35)(H,28,30,32). The summed E-state index contributed by atoms with van der Waals surface area (Å²) in [6.45, 7) is 8.17. The van der Waals surface area contributed by atoms with Crippen LogP contribution < -0.4 is 15.5 Å². The number of nitrogens with one attached hydrogen (secondary N) is 2. The Morgan fingerprint density at radius 1 is 1.14 bits per heavy atom. The van der Waals surface area contributed by atoms with E-state index in [-0.39, 0.29) is 30.2 Å². The minimum atomic E-state index is -1.50. The highest BCUT2D eigenvalue weighted by atomic mass is 19.2. The normalized spacial score (nSPS) is 15.6. The van der Waals surface area contributed by atoms with Gasteiger partial charge >= 0.3 is 0 Å². The number of ether oxygens (including phenoxy) is 1. The molecule has 2 aromatic heterocycles. The van der Waals surface area contributed by atoms with Gasteiger partial charge < -0.3 is 20.3 Å². The Balaban J connectivity index is 1.45. The lowest BCUT2D eigenvalue weighted by Gasteiger charge is -2.36. The molecule has 1 aliphatic rings. The molecule has 1 amide bonds. The van der Waals surface area contributed by atoms with Gasteiger partial charge in [0.2, 0.25) is 11.9 Å². The van der Waals surface area contributed by atoms with Crippen LogP contribution in [0.3, 0.4) is 0 Å². The summed E-state index contributed by atoms with van der Waals surface area (Å²) >= 11 is 0. The Morgan fingerprint density at radius 2 is 1.83 bits per heavy atom. The van der Waals surface area contributed by atoms with Gasteiger partial charge in [0.25, 0.3) is 0 Å². The first-order chi connectivity index (χ1) is 16.9. The number of hydrogen-bond acceptors (Lipinski definition) is 7. The number of halogens is 3. The molecule has 12 heteroatoms. The van der Waals surface area contributed by atoms with Crippen molar-refractivity contribution in [2.75, 3.05) is 29.2 Å². The molecule has 0 spiro atoms. The Labute approximate surface area is 206 Å². The van der Waals surface area contributed by atoms with Crippen molar-refractivity contribution in [2.45, 2.75) is 52.4 Å². The first-order valence-corrected chi connectivity index (χ1v) is 11.4. The van der Waals surface area contributed by atoms with Gasteiger partial charge in [-0.1, -0.05) is 0 Å². The molecule has 9 nitrogen and oxygen atoms in total. The fourth-order valence-electron chi connectivity index (χ4n) is 3.74. The number of carbonyl (C=O) groups is 1. The summed E-state index contributed by atoms with van der Waals surface area (Å²) < 4.78 is 47.4. The Bertz CT molecular complexity index is 1270. The maximum absolute atomic E-state index is 13.5. The van der Waals surface area contributed by atoms with Gasteiger partial charge in [0.05, 0.1) is 30.6 Å². The third-order valence-corrected chi connectivity index (χ3v) is 5.62. The van der Waals surface area contributed by atoms with E-state index in [2.05, 4.69) is 25.7 Å². The number of amides is 1. The van der Waals surface area contributed by atoms with Crippen molar-refractivity contribution in [1.29, 1.82) is 0 Å². The van der Waals surface area contributed by atoms with Gasteiger partial charge in [0.15, 0.2) is 23.3 Å². The molecule has 1 aliphatic heterocycles. The van der Waals surface area contributed by atoms with Gasteiger partial charge in [0, 0.05) is 25.4 Å². The zero-order valence-electron chi connectivity index (χ0n) is 20.7. The number of likely N-dealkylation sites (N-methyl/N-ethyl adjacent to an activating group) is 1. The molecular weight excluding hydrogens is 475 g/mol. The fourth-order valence-corrected chi connectivity index (χ4v) is 3.74. The molecule has 0 saturated heterocycles. The third-order valence-electron chi connectivity index (χ3n) is 5.62. The lowest BCUT2D eigenvalue weighted by Crippen LogP contribution is -2.50. The van der Waals surface area contributed by atoms with Gasteiger partial charge in [-0.25, -0.2) is 18.2 Å². The van der Waals surface area contributed by atoms with Crippen LogP contribution in [0.5, 0.6) is 0 Å². The molecule has 192 valence electrons. The van der Waals surface area contributed by atoms with Crippen molar-refractivity contribution in [2.24, 2.45) is 0 Å². The average molecular weight is 504 g/mol. The van der Waals surface area contributed by atoms with E-state index in [4.69, 9.17) is 4.74 Å². The summed E-state index contributed by atoms with van der Waals surface area (Å²) in [7, 11) is 1.79. The second-order valence-corrected chi connectivity index (χ2v) is 9.64. The highest BCUT2D eigenvalue weighted by Gasteiger charge is 2.34. The predicted octanol–water partition coefficient (Wildman–Crippen LogP) is 3.63. The van der Waals surface area contributed by atoms with Crippen LogP contribution in [0.2, 0.25) is 0 Å². The first-order valence-electron chi connectivity index (χ1n) is 11.4. The van der Waals surface area contributed by atoms with Crippen LogP contribution in [0, 0.1) is 24.4 Å². The number of aromatic nitrogens is 4. The largest absolute Gasteiger partial charge is 0.373 e. The van der Waals surface area contributed by atoms with Crippen molar-refractivity contribution in [3.8, 4) is 0 Å². The highest BCUT2D eigenvalue weighted by Crippen LogP contribution is 2.32. The summed E-state index contributed by atoms with van der Waals surface area (Å²) in [5, 5.41) is 10.2. The molecule has 0 aliphatic carbocycles. The molecule has 1 unspecified atom stereocenters. The molecule has 1 atom stereocenters. The lowest BCUT2D eigenvalue weighted by molar-refractivity contribution is -0.120. The monoisotopic (exact) mass is 503 g/mol. The van der Waals surface area contributed by atoms with E-state index in [0.717, 1.165) is 17.7 Å². The summed E-state index contributed by atoms with van der Waals surface area (Å²) in [5.74, 6) is -3.24. The molecule has 0 fully saturated rings. The minimum Gasteiger partial charge on any atom is -0.373 e. The van der Waals surface area contributed by atoms with Gasteiger partial charge in [-0.15, -0.1) is 0 Å². The van der Waals surface area contributed by atoms with Gasteiger partial charge in [-0.2, -0.15) is 10.1 Å². The Kier molecular flexibility index (Phi) is 6.90. The number of aryl methyl sites for hydroxylation is 1. The topological polar surface area (TPSA) is 97.2 Å². The summed E-state index contributed by atoms with van der Waals surface area (Å²) in [5.41, 5.74) is 1.78. The highest BCUT2D eigenvalue weighted by molar-refractivity contribution is 6.03. The molecule has 4 rings (SSSR count). The minimum absolute atomic E-state index is 0.0745. The number of benzene rings is 1. The van der Waals surface area contributed by atoms with Crippen LogP contribution in [0.4, 0.5) is 30.6 Å². The van der Waals surface area contributed by atoms with E-state index < -0.39 is 23.5 Å². The van der Waals surface area contributed by atoms with Crippen LogP contribution in [-0.4, -0.2) is 51.0 Å². The van der Waals surface area contributed by atoms with Crippen molar-refractivity contribution in [3.63, 3.8) is 0 Å². The van der Waals surface area contributed by atoms with Crippen molar-refractivity contribution in [3.05, 3.63) is 58.8 Å². The van der Waals surface area contributed by atoms with Crippen LogP contribution in [0.25, 0.3) is 0 Å². The van der Waals surface area contributed by atoms with E-state index in [1.807, 2.05) is 20.8 Å². The summed E-state index contributed by atoms with van der Waals surface area (Å²) in [6, 6.07) is 1.34. The molecule has 2 N–H and O–H groups in total. The number of fused-ring (bicyclic) bond motifs is 1. The van der Waals surface area contributed by atoms with Crippen molar-refractivity contribution in [1.82, 2.24) is 19.7 Å². The van der Waals surface area contributed by atoms with Gasteiger partial charge in [-0.05, 0) is 45.4 Å². The second-order valence-electron chi connectivity index (χ2n) is 9.64. The molecule has 36 heavy (non-hydrogen) atoms. The van der Waals surface area contributed by atoms with Crippen LogP contribution >= 0.6 is 0 Å². The van der Waals surface area contributed by atoms with E-state index in [1.54, 1.807) is 31.3 Å². The maximum Gasteiger partial charge on any atom is 0.249 e. The number of anilines is 3. The lowest BCUT2D eigenvalue weighted by atomic mass is 10.1. The molecule has 0 bridgehead atoms. The zero-order valence-corrected chi connectivity index (χ0v) is 20.7. The Morgan fingerprint density at radius 3 is 2.50 bits per heavy atom.